The van der Waals surface area contributed by atoms with Crippen LogP contribution in [0, 0.1) is 24.4 Å². The van der Waals surface area contributed by atoms with Crippen LogP contribution < -0.4 is 5.32 Å². The minimum absolute atomic E-state index is 0.0240. The second kappa shape index (κ2) is 8.33. The SMILES string of the molecule is C[C@H]1CCCC[C@H]1NC(=O)/C(C#N)=C/c1cc(I)cc(I)c1O. The molecule has 1 aliphatic rings. The highest BCUT2D eigenvalue weighted by atomic mass is 127. The van der Waals surface area contributed by atoms with Crippen molar-refractivity contribution in [1.29, 1.82) is 5.26 Å². The number of aromatic hydroxyl groups is 1. The number of phenols is 1. The Labute approximate surface area is 163 Å². The molecule has 1 aromatic rings. The van der Waals surface area contributed by atoms with E-state index in [1.54, 1.807) is 6.07 Å². The van der Waals surface area contributed by atoms with Gasteiger partial charge in [-0.1, -0.05) is 19.8 Å². The van der Waals surface area contributed by atoms with E-state index in [0.29, 0.717) is 15.1 Å². The van der Waals surface area contributed by atoms with Crippen LogP contribution in [0.1, 0.15) is 38.2 Å². The summed E-state index contributed by atoms with van der Waals surface area (Å²) in [6, 6.07) is 5.67. The Balaban J connectivity index is 2.22. The average molecular weight is 536 g/mol. The fraction of sp³-hybridized carbons (Fsp3) is 0.412. The van der Waals surface area contributed by atoms with Crippen molar-refractivity contribution in [2.24, 2.45) is 5.92 Å². The quantitative estimate of drug-likeness (QED) is 0.346. The van der Waals surface area contributed by atoms with E-state index in [-0.39, 0.29) is 23.3 Å². The lowest BCUT2D eigenvalue weighted by Gasteiger charge is -2.29. The zero-order chi connectivity index (χ0) is 17.0. The molecule has 4 nitrogen and oxygen atoms in total. The van der Waals surface area contributed by atoms with Crippen molar-refractivity contribution in [3.63, 3.8) is 0 Å². The van der Waals surface area contributed by atoms with Gasteiger partial charge >= 0.3 is 0 Å². The summed E-state index contributed by atoms with van der Waals surface area (Å²) in [5, 5.41) is 22.4. The van der Waals surface area contributed by atoms with Crippen LogP contribution in [0.25, 0.3) is 6.08 Å². The number of hydrogen-bond donors (Lipinski definition) is 2. The lowest BCUT2D eigenvalue weighted by atomic mass is 9.86. The van der Waals surface area contributed by atoms with Gasteiger partial charge in [-0.25, -0.2) is 0 Å². The first-order valence-corrected chi connectivity index (χ1v) is 9.68. The molecule has 2 atom stereocenters. The van der Waals surface area contributed by atoms with Crippen molar-refractivity contribution < 1.29 is 9.90 Å². The molecule has 1 aliphatic carbocycles. The van der Waals surface area contributed by atoms with Crippen LogP contribution in [0.3, 0.4) is 0 Å². The van der Waals surface area contributed by atoms with E-state index >= 15 is 0 Å². The second-order valence-corrected chi connectivity index (χ2v) is 8.24. The lowest BCUT2D eigenvalue weighted by Crippen LogP contribution is -2.41. The monoisotopic (exact) mass is 536 g/mol. The maximum absolute atomic E-state index is 12.4. The van der Waals surface area contributed by atoms with Crippen molar-refractivity contribution in [1.82, 2.24) is 5.32 Å². The Morgan fingerprint density at radius 3 is 2.74 bits per heavy atom. The van der Waals surface area contributed by atoms with E-state index < -0.39 is 0 Å². The number of carbonyl (C=O) groups excluding carboxylic acids is 1. The fourth-order valence-corrected chi connectivity index (χ4v) is 4.67. The Hall–Kier alpha value is -0.820. The number of phenolic OH excluding ortho intramolecular Hbond substituents is 1. The van der Waals surface area contributed by atoms with Gasteiger partial charge in [-0.05, 0) is 82.2 Å². The molecular weight excluding hydrogens is 518 g/mol. The van der Waals surface area contributed by atoms with Crippen molar-refractivity contribution in [3.8, 4) is 11.8 Å². The zero-order valence-corrected chi connectivity index (χ0v) is 17.1. The molecule has 0 radical (unpaired) electrons. The van der Waals surface area contributed by atoms with Gasteiger partial charge in [-0.15, -0.1) is 0 Å². The highest BCUT2D eigenvalue weighted by molar-refractivity contribution is 14.1. The Morgan fingerprint density at radius 1 is 1.39 bits per heavy atom. The molecule has 2 N–H and O–H groups in total. The first kappa shape index (κ1) is 18.5. The normalized spacial score (nSPS) is 21.6. The maximum atomic E-state index is 12.4. The molecule has 1 fully saturated rings. The van der Waals surface area contributed by atoms with E-state index in [2.05, 4.69) is 34.8 Å². The molecule has 0 aliphatic heterocycles. The van der Waals surface area contributed by atoms with Gasteiger partial charge in [0.05, 0.1) is 3.57 Å². The molecule has 0 heterocycles. The van der Waals surface area contributed by atoms with Gasteiger partial charge in [0, 0.05) is 15.2 Å². The highest BCUT2D eigenvalue weighted by Gasteiger charge is 2.24. The molecule has 23 heavy (non-hydrogen) atoms. The number of amides is 1. The van der Waals surface area contributed by atoms with Crippen molar-refractivity contribution in [2.75, 3.05) is 0 Å². The fourth-order valence-electron chi connectivity index (χ4n) is 2.78. The van der Waals surface area contributed by atoms with E-state index in [4.69, 9.17) is 0 Å². The first-order valence-electron chi connectivity index (χ1n) is 7.53. The van der Waals surface area contributed by atoms with E-state index in [0.717, 1.165) is 22.8 Å². The summed E-state index contributed by atoms with van der Waals surface area (Å²) in [4.78, 5) is 12.4. The van der Waals surface area contributed by atoms with Gasteiger partial charge in [0.25, 0.3) is 5.91 Å². The largest absolute Gasteiger partial charge is 0.506 e. The van der Waals surface area contributed by atoms with E-state index in [1.807, 2.05) is 34.7 Å². The van der Waals surface area contributed by atoms with Crippen LogP contribution in [0.15, 0.2) is 17.7 Å². The molecule has 1 aromatic carbocycles. The van der Waals surface area contributed by atoms with Gasteiger partial charge in [-0.2, -0.15) is 5.26 Å². The minimum Gasteiger partial charge on any atom is -0.506 e. The van der Waals surface area contributed by atoms with Crippen LogP contribution in [0.2, 0.25) is 0 Å². The molecule has 2 rings (SSSR count). The third-order valence-electron chi connectivity index (χ3n) is 4.15. The molecule has 1 saturated carbocycles. The number of nitrogens with one attached hydrogen (secondary N) is 1. The molecule has 0 aromatic heterocycles. The van der Waals surface area contributed by atoms with E-state index in [9.17, 15) is 15.2 Å². The molecule has 6 heteroatoms. The number of hydrogen-bond acceptors (Lipinski definition) is 3. The molecule has 0 unspecified atom stereocenters. The third kappa shape index (κ3) is 4.83. The highest BCUT2D eigenvalue weighted by Crippen LogP contribution is 2.29. The van der Waals surface area contributed by atoms with Gasteiger partial charge in [0.1, 0.15) is 17.4 Å². The number of halogens is 2. The summed E-state index contributed by atoms with van der Waals surface area (Å²) in [7, 11) is 0. The predicted octanol–water partition coefficient (Wildman–Crippen LogP) is 4.20. The average Bonchev–Trinajstić information content (AvgIpc) is 2.51. The van der Waals surface area contributed by atoms with Gasteiger partial charge in [0.2, 0.25) is 0 Å². The summed E-state index contributed by atoms with van der Waals surface area (Å²) in [6.07, 6.45) is 5.83. The summed E-state index contributed by atoms with van der Waals surface area (Å²) in [5.41, 5.74) is 0.514. The number of nitriles is 1. The molecule has 1 amide bonds. The molecular formula is C17H18I2N2O2. The van der Waals surface area contributed by atoms with Crippen molar-refractivity contribution in [3.05, 3.63) is 30.4 Å². The van der Waals surface area contributed by atoms with Gasteiger partial charge < -0.3 is 10.4 Å². The van der Waals surface area contributed by atoms with Crippen LogP contribution >= 0.6 is 45.2 Å². The van der Waals surface area contributed by atoms with Crippen molar-refractivity contribution >= 4 is 57.2 Å². The zero-order valence-electron chi connectivity index (χ0n) is 12.8. The topological polar surface area (TPSA) is 73.1 Å². The number of benzene rings is 1. The summed E-state index contributed by atoms with van der Waals surface area (Å²) in [5.74, 6) is 0.164. The van der Waals surface area contributed by atoms with Crippen LogP contribution in [-0.4, -0.2) is 17.1 Å². The number of rotatable bonds is 3. The maximum Gasteiger partial charge on any atom is 0.262 e. The first-order chi connectivity index (χ1) is 10.9. The Kier molecular flexibility index (Phi) is 6.71. The predicted molar refractivity (Wildman–Crippen MR) is 107 cm³/mol. The summed E-state index contributed by atoms with van der Waals surface area (Å²) in [6.45, 7) is 2.13. The molecule has 0 bridgehead atoms. The van der Waals surface area contributed by atoms with Gasteiger partial charge in [-0.3, -0.25) is 4.79 Å². The number of carbonyl (C=O) groups is 1. The summed E-state index contributed by atoms with van der Waals surface area (Å²) >= 11 is 4.17. The van der Waals surface area contributed by atoms with Crippen molar-refractivity contribution in [2.45, 2.75) is 38.6 Å². The van der Waals surface area contributed by atoms with Crippen LogP contribution in [0.4, 0.5) is 0 Å². The second-order valence-electron chi connectivity index (χ2n) is 5.84. The summed E-state index contributed by atoms with van der Waals surface area (Å²) < 4.78 is 1.63. The lowest BCUT2D eigenvalue weighted by molar-refractivity contribution is -0.118. The Bertz CT molecular complexity index is 680. The van der Waals surface area contributed by atoms with E-state index in [1.165, 1.54) is 12.5 Å². The molecule has 122 valence electrons. The molecule has 0 saturated heterocycles. The molecule has 0 spiro atoms. The Morgan fingerprint density at radius 2 is 2.09 bits per heavy atom. The van der Waals surface area contributed by atoms with Crippen LogP contribution in [-0.2, 0) is 4.79 Å². The van der Waals surface area contributed by atoms with Gasteiger partial charge in [0.15, 0.2) is 0 Å². The number of nitrogens with zero attached hydrogens (tertiary/aromatic N) is 1. The standard InChI is InChI=1S/C17H18I2N2O2/c1-10-4-2-3-5-15(10)21-17(23)12(9-20)6-11-7-13(18)8-14(19)16(11)22/h6-8,10,15,22H,2-5H2,1H3,(H,21,23)/b12-6+/t10-,15+/m0/s1. The third-order valence-corrected chi connectivity index (χ3v) is 5.60. The van der Waals surface area contributed by atoms with Crippen LogP contribution in [0.5, 0.6) is 5.75 Å². The smallest absolute Gasteiger partial charge is 0.262 e. The minimum atomic E-state index is -0.362.